The standard InChI is InChI=1S/C16H15Cl2NO4S2/c1-10-8-11(17)2-4-15(10)25(22,23)19-14-6-7-24(20,21)16-5-3-12(18)9-13(14)16/h2-5,8-9,14,19H,6-7H2,1H3/t14-/m1/s1. The summed E-state index contributed by atoms with van der Waals surface area (Å²) >= 11 is 11.9. The molecule has 134 valence electrons. The number of aryl methyl sites for hydroxylation is 1. The van der Waals surface area contributed by atoms with Crippen LogP contribution in [0.2, 0.25) is 10.0 Å². The molecule has 0 aromatic heterocycles. The molecule has 2 aromatic carbocycles. The van der Waals surface area contributed by atoms with E-state index in [0.29, 0.717) is 21.2 Å². The molecule has 0 unspecified atom stereocenters. The molecule has 0 saturated heterocycles. The van der Waals surface area contributed by atoms with Crippen molar-refractivity contribution in [2.24, 2.45) is 0 Å². The van der Waals surface area contributed by atoms with Gasteiger partial charge in [-0.3, -0.25) is 0 Å². The van der Waals surface area contributed by atoms with Crippen LogP contribution in [0.25, 0.3) is 0 Å². The van der Waals surface area contributed by atoms with Gasteiger partial charge in [0, 0.05) is 16.1 Å². The minimum Gasteiger partial charge on any atom is -0.224 e. The van der Waals surface area contributed by atoms with Gasteiger partial charge in [0.15, 0.2) is 9.84 Å². The summed E-state index contributed by atoms with van der Waals surface area (Å²) in [5.41, 5.74) is 0.878. The molecule has 1 N–H and O–H groups in total. The summed E-state index contributed by atoms with van der Waals surface area (Å²) in [7, 11) is -7.28. The highest BCUT2D eigenvalue weighted by Crippen LogP contribution is 2.35. The third-order valence-corrected chi connectivity index (χ3v) is 8.00. The molecule has 1 aliphatic rings. The van der Waals surface area contributed by atoms with Gasteiger partial charge in [0.2, 0.25) is 10.0 Å². The first kappa shape index (κ1) is 18.7. The van der Waals surface area contributed by atoms with Crippen molar-refractivity contribution in [2.45, 2.75) is 29.2 Å². The fourth-order valence-electron chi connectivity index (χ4n) is 2.90. The summed E-state index contributed by atoms with van der Waals surface area (Å²) in [6.07, 6.45) is 0.140. The quantitative estimate of drug-likeness (QED) is 0.824. The van der Waals surface area contributed by atoms with Crippen molar-refractivity contribution in [3.63, 3.8) is 0 Å². The van der Waals surface area contributed by atoms with Gasteiger partial charge >= 0.3 is 0 Å². The van der Waals surface area contributed by atoms with E-state index in [-0.39, 0.29) is 22.0 Å². The Bertz CT molecular complexity index is 1050. The first-order chi connectivity index (χ1) is 11.6. The third-order valence-electron chi connectivity index (χ3n) is 4.08. The highest BCUT2D eigenvalue weighted by Gasteiger charge is 2.33. The lowest BCUT2D eigenvalue weighted by Crippen LogP contribution is -2.34. The summed E-state index contributed by atoms with van der Waals surface area (Å²) in [5.74, 6) is -0.131. The molecule has 1 atom stereocenters. The predicted octanol–water partition coefficient (Wildman–Crippen LogP) is 3.50. The minimum absolute atomic E-state index is 0.105. The highest BCUT2D eigenvalue weighted by atomic mass is 35.5. The largest absolute Gasteiger partial charge is 0.241 e. The van der Waals surface area contributed by atoms with Crippen LogP contribution in [0.4, 0.5) is 0 Å². The number of halogens is 2. The van der Waals surface area contributed by atoms with Crippen molar-refractivity contribution >= 4 is 43.1 Å². The molecule has 1 heterocycles. The molecule has 9 heteroatoms. The van der Waals surface area contributed by atoms with Crippen molar-refractivity contribution in [1.29, 1.82) is 0 Å². The number of sulfonamides is 1. The van der Waals surface area contributed by atoms with Gasteiger partial charge in [-0.2, -0.15) is 0 Å². The first-order valence-electron chi connectivity index (χ1n) is 7.41. The van der Waals surface area contributed by atoms with E-state index >= 15 is 0 Å². The number of benzene rings is 2. The van der Waals surface area contributed by atoms with Crippen LogP contribution in [-0.4, -0.2) is 22.6 Å². The van der Waals surface area contributed by atoms with Gasteiger partial charge in [-0.15, -0.1) is 0 Å². The van der Waals surface area contributed by atoms with Gasteiger partial charge < -0.3 is 0 Å². The van der Waals surface area contributed by atoms with Gasteiger partial charge in [-0.05, 0) is 60.9 Å². The Balaban J connectivity index is 2.02. The summed E-state index contributed by atoms with van der Waals surface area (Å²) < 4.78 is 52.5. The maximum atomic E-state index is 12.8. The van der Waals surface area contributed by atoms with Crippen LogP contribution in [-0.2, 0) is 19.9 Å². The van der Waals surface area contributed by atoms with Crippen LogP contribution >= 0.6 is 23.2 Å². The second-order valence-electron chi connectivity index (χ2n) is 5.87. The van der Waals surface area contributed by atoms with Gasteiger partial charge in [-0.1, -0.05) is 23.2 Å². The second-order valence-corrected chi connectivity index (χ2v) is 10.5. The van der Waals surface area contributed by atoms with Crippen LogP contribution in [0.15, 0.2) is 46.2 Å². The fraction of sp³-hybridized carbons (Fsp3) is 0.250. The molecule has 3 rings (SSSR count). The van der Waals surface area contributed by atoms with E-state index in [1.807, 2.05) is 0 Å². The van der Waals surface area contributed by atoms with Gasteiger partial charge in [0.25, 0.3) is 0 Å². The van der Waals surface area contributed by atoms with E-state index in [1.165, 1.54) is 30.3 Å². The molecule has 0 amide bonds. The molecule has 0 fully saturated rings. The Hall–Kier alpha value is -1.12. The molecule has 25 heavy (non-hydrogen) atoms. The lowest BCUT2D eigenvalue weighted by atomic mass is 10.1. The Morgan fingerprint density at radius 3 is 2.40 bits per heavy atom. The molecular formula is C16H15Cl2NO4S2. The summed E-state index contributed by atoms with van der Waals surface area (Å²) in [5, 5.41) is 0.792. The normalized spacial score (nSPS) is 19.4. The number of hydrogen-bond donors (Lipinski definition) is 1. The highest BCUT2D eigenvalue weighted by molar-refractivity contribution is 7.91. The average molecular weight is 420 g/mol. The van der Waals surface area contributed by atoms with Crippen molar-refractivity contribution < 1.29 is 16.8 Å². The average Bonchev–Trinajstić information content (AvgIpc) is 2.49. The van der Waals surface area contributed by atoms with E-state index in [1.54, 1.807) is 13.0 Å². The van der Waals surface area contributed by atoms with Crippen LogP contribution < -0.4 is 4.72 Å². The van der Waals surface area contributed by atoms with Crippen molar-refractivity contribution in [2.75, 3.05) is 5.75 Å². The molecule has 1 aliphatic heterocycles. The molecule has 2 aromatic rings. The van der Waals surface area contributed by atoms with E-state index in [9.17, 15) is 16.8 Å². The lowest BCUT2D eigenvalue weighted by molar-refractivity contribution is 0.527. The number of nitrogens with one attached hydrogen (secondary N) is 1. The van der Waals surface area contributed by atoms with E-state index < -0.39 is 25.9 Å². The van der Waals surface area contributed by atoms with Gasteiger partial charge in [0.1, 0.15) is 0 Å². The van der Waals surface area contributed by atoms with Gasteiger partial charge in [0.05, 0.1) is 15.5 Å². The Labute approximate surface area is 156 Å². The number of rotatable bonds is 3. The predicted molar refractivity (Wildman–Crippen MR) is 97.4 cm³/mol. The summed E-state index contributed by atoms with van der Waals surface area (Å²) in [4.78, 5) is 0.220. The topological polar surface area (TPSA) is 80.3 Å². The number of sulfone groups is 1. The second kappa shape index (κ2) is 6.55. The smallest absolute Gasteiger partial charge is 0.224 e. The molecular weight excluding hydrogens is 405 g/mol. The molecule has 0 spiro atoms. The zero-order valence-electron chi connectivity index (χ0n) is 13.2. The van der Waals surface area contributed by atoms with Crippen LogP contribution in [0.1, 0.15) is 23.6 Å². The zero-order valence-corrected chi connectivity index (χ0v) is 16.3. The Morgan fingerprint density at radius 2 is 1.72 bits per heavy atom. The van der Waals surface area contributed by atoms with Crippen molar-refractivity contribution in [1.82, 2.24) is 4.72 Å². The zero-order chi connectivity index (χ0) is 18.4. The van der Waals surface area contributed by atoms with E-state index in [4.69, 9.17) is 23.2 Å². The lowest BCUT2D eigenvalue weighted by Gasteiger charge is -2.26. The molecule has 0 saturated carbocycles. The monoisotopic (exact) mass is 419 g/mol. The van der Waals surface area contributed by atoms with Gasteiger partial charge in [-0.25, -0.2) is 21.6 Å². The fourth-order valence-corrected chi connectivity index (χ4v) is 6.39. The van der Waals surface area contributed by atoms with E-state index in [0.717, 1.165) is 0 Å². The Morgan fingerprint density at radius 1 is 1.08 bits per heavy atom. The molecule has 5 nitrogen and oxygen atoms in total. The summed E-state index contributed by atoms with van der Waals surface area (Å²) in [6, 6.07) is 8.22. The van der Waals surface area contributed by atoms with Crippen LogP contribution in [0.3, 0.4) is 0 Å². The third kappa shape index (κ3) is 3.71. The van der Waals surface area contributed by atoms with Crippen molar-refractivity contribution in [3.05, 3.63) is 57.6 Å². The summed E-state index contributed by atoms with van der Waals surface area (Å²) in [6.45, 7) is 1.65. The first-order valence-corrected chi connectivity index (χ1v) is 11.3. The van der Waals surface area contributed by atoms with Crippen LogP contribution in [0.5, 0.6) is 0 Å². The maximum Gasteiger partial charge on any atom is 0.241 e. The molecule has 0 aliphatic carbocycles. The van der Waals surface area contributed by atoms with Crippen LogP contribution in [0, 0.1) is 6.92 Å². The SMILES string of the molecule is Cc1cc(Cl)ccc1S(=O)(=O)N[C@@H]1CCS(=O)(=O)c2ccc(Cl)cc21. The van der Waals surface area contributed by atoms with E-state index in [2.05, 4.69) is 4.72 Å². The molecule has 0 radical (unpaired) electrons. The van der Waals surface area contributed by atoms with Crippen molar-refractivity contribution in [3.8, 4) is 0 Å². The number of fused-ring (bicyclic) bond motifs is 1. The minimum atomic E-state index is -3.85. The maximum absolute atomic E-state index is 12.8. The molecule has 0 bridgehead atoms. The Kier molecular flexibility index (Phi) is 4.89. The number of hydrogen-bond acceptors (Lipinski definition) is 4.